The van der Waals surface area contributed by atoms with E-state index in [2.05, 4.69) is 6.08 Å². The molecule has 2 rings (SSSR count). The van der Waals surface area contributed by atoms with Gasteiger partial charge in [0, 0.05) is 0 Å². The fourth-order valence-electron chi connectivity index (χ4n) is 2.39. The predicted molar refractivity (Wildman–Crippen MR) is 67.1 cm³/mol. The molecule has 1 aliphatic rings. The first-order valence-corrected chi connectivity index (χ1v) is 6.41. The van der Waals surface area contributed by atoms with Gasteiger partial charge in [0.1, 0.15) is 0 Å². The molecule has 0 aromatic heterocycles. The predicted octanol–water partition coefficient (Wildman–Crippen LogP) is 5.30. The monoisotopic (exact) mass is 254 g/mol. The van der Waals surface area contributed by atoms with Crippen LogP contribution < -0.4 is 0 Å². The van der Waals surface area contributed by atoms with Gasteiger partial charge in [-0.15, -0.1) is 0 Å². The molecular weight excluding hydrogens is 237 g/mol. The lowest BCUT2D eigenvalue weighted by Gasteiger charge is -2.17. The van der Waals surface area contributed by atoms with Crippen LogP contribution in [0.5, 0.6) is 0 Å². The van der Waals surface area contributed by atoms with Gasteiger partial charge in [-0.2, -0.15) is 13.2 Å². The number of hydrogen-bond donors (Lipinski definition) is 0. The topological polar surface area (TPSA) is 0 Å². The number of allylic oxidation sites excluding steroid dienone is 1. The molecule has 1 saturated carbocycles. The second-order valence-electron chi connectivity index (χ2n) is 4.88. The average Bonchev–Trinajstić information content (AvgIpc) is 2.37. The van der Waals surface area contributed by atoms with E-state index in [9.17, 15) is 13.2 Å². The zero-order valence-electron chi connectivity index (χ0n) is 10.2. The average molecular weight is 254 g/mol. The van der Waals surface area contributed by atoms with Crippen molar-refractivity contribution in [2.24, 2.45) is 5.92 Å². The van der Waals surface area contributed by atoms with E-state index >= 15 is 0 Å². The molecule has 0 heterocycles. The van der Waals surface area contributed by atoms with E-state index in [-0.39, 0.29) is 0 Å². The van der Waals surface area contributed by atoms with Crippen LogP contribution >= 0.6 is 0 Å². The van der Waals surface area contributed by atoms with Gasteiger partial charge in [-0.05, 0) is 36.5 Å². The third-order valence-corrected chi connectivity index (χ3v) is 3.42. The maximum absolute atomic E-state index is 12.5. The lowest BCUT2D eigenvalue weighted by Crippen LogP contribution is -2.04. The van der Waals surface area contributed by atoms with Crippen LogP contribution in [0.4, 0.5) is 13.2 Å². The standard InChI is InChI=1S/C15H17F3/c16-15(17,18)14-8-4-7-13(11-14)10-9-12-5-2-1-3-6-12/h4,7-12H,1-3,5-6H2/b10-9+. The lowest BCUT2D eigenvalue weighted by molar-refractivity contribution is -0.137. The number of halogens is 3. The maximum atomic E-state index is 12.5. The van der Waals surface area contributed by atoms with Gasteiger partial charge in [-0.25, -0.2) is 0 Å². The quantitative estimate of drug-likeness (QED) is 0.672. The van der Waals surface area contributed by atoms with Gasteiger partial charge in [-0.1, -0.05) is 43.5 Å². The van der Waals surface area contributed by atoms with Crippen molar-refractivity contribution in [1.82, 2.24) is 0 Å². The van der Waals surface area contributed by atoms with E-state index in [4.69, 9.17) is 0 Å². The smallest absolute Gasteiger partial charge is 0.166 e. The molecule has 1 aromatic rings. The number of alkyl halides is 3. The molecule has 0 unspecified atom stereocenters. The molecule has 0 aliphatic heterocycles. The molecule has 0 N–H and O–H groups in total. The van der Waals surface area contributed by atoms with Gasteiger partial charge in [0.25, 0.3) is 0 Å². The van der Waals surface area contributed by atoms with Crippen LogP contribution in [-0.2, 0) is 6.18 Å². The molecule has 98 valence electrons. The van der Waals surface area contributed by atoms with Crippen molar-refractivity contribution in [2.45, 2.75) is 38.3 Å². The molecule has 1 aliphatic carbocycles. The minimum atomic E-state index is -4.26. The van der Waals surface area contributed by atoms with Gasteiger partial charge in [0.05, 0.1) is 5.56 Å². The Kier molecular flexibility index (Phi) is 4.10. The Bertz CT molecular complexity index is 412. The van der Waals surface area contributed by atoms with Crippen molar-refractivity contribution in [3.05, 3.63) is 41.5 Å². The Morgan fingerprint density at radius 2 is 1.78 bits per heavy atom. The second kappa shape index (κ2) is 5.59. The molecule has 0 spiro atoms. The van der Waals surface area contributed by atoms with E-state index in [0.717, 1.165) is 18.9 Å². The van der Waals surface area contributed by atoms with Gasteiger partial charge >= 0.3 is 6.18 Å². The highest BCUT2D eigenvalue weighted by molar-refractivity contribution is 5.51. The Morgan fingerprint density at radius 3 is 2.44 bits per heavy atom. The van der Waals surface area contributed by atoms with Crippen molar-refractivity contribution >= 4 is 6.08 Å². The first kappa shape index (κ1) is 13.2. The normalized spacial score (nSPS) is 18.4. The lowest BCUT2D eigenvalue weighted by atomic mass is 9.89. The van der Waals surface area contributed by atoms with E-state index in [1.807, 2.05) is 6.08 Å². The Morgan fingerprint density at radius 1 is 1.06 bits per heavy atom. The summed E-state index contributed by atoms with van der Waals surface area (Å²) in [5.74, 6) is 0.535. The van der Waals surface area contributed by atoms with Gasteiger partial charge < -0.3 is 0 Å². The summed E-state index contributed by atoms with van der Waals surface area (Å²) in [5, 5.41) is 0. The highest BCUT2D eigenvalue weighted by Gasteiger charge is 2.30. The van der Waals surface area contributed by atoms with Gasteiger partial charge in [0.2, 0.25) is 0 Å². The number of hydrogen-bond acceptors (Lipinski definition) is 0. The minimum absolute atomic E-state index is 0.535. The summed E-state index contributed by atoms with van der Waals surface area (Å²) in [6.45, 7) is 0. The van der Waals surface area contributed by atoms with Crippen molar-refractivity contribution in [3.8, 4) is 0 Å². The molecule has 0 bridgehead atoms. The van der Waals surface area contributed by atoms with Gasteiger partial charge in [-0.3, -0.25) is 0 Å². The third-order valence-electron chi connectivity index (χ3n) is 3.42. The van der Waals surface area contributed by atoms with Crippen molar-refractivity contribution in [3.63, 3.8) is 0 Å². The first-order valence-electron chi connectivity index (χ1n) is 6.41. The largest absolute Gasteiger partial charge is 0.416 e. The van der Waals surface area contributed by atoms with Gasteiger partial charge in [0.15, 0.2) is 0 Å². The second-order valence-corrected chi connectivity index (χ2v) is 4.88. The fourth-order valence-corrected chi connectivity index (χ4v) is 2.39. The van der Waals surface area contributed by atoms with Crippen LogP contribution in [0.1, 0.15) is 43.2 Å². The van der Waals surface area contributed by atoms with Crippen LogP contribution in [0, 0.1) is 5.92 Å². The maximum Gasteiger partial charge on any atom is 0.416 e. The van der Waals surface area contributed by atoms with Crippen LogP contribution in [0.3, 0.4) is 0 Å². The highest BCUT2D eigenvalue weighted by atomic mass is 19.4. The zero-order chi connectivity index (χ0) is 13.0. The first-order chi connectivity index (χ1) is 8.55. The Labute approximate surface area is 106 Å². The molecule has 0 saturated heterocycles. The summed E-state index contributed by atoms with van der Waals surface area (Å²) in [6.07, 6.45) is 5.71. The van der Waals surface area contributed by atoms with Crippen LogP contribution in [0.15, 0.2) is 30.3 Å². The van der Waals surface area contributed by atoms with Crippen molar-refractivity contribution in [2.75, 3.05) is 0 Å². The minimum Gasteiger partial charge on any atom is -0.166 e. The molecule has 0 amide bonds. The summed E-state index contributed by atoms with van der Waals surface area (Å²) < 4.78 is 37.6. The molecule has 0 atom stereocenters. The van der Waals surface area contributed by atoms with E-state index in [0.29, 0.717) is 11.5 Å². The summed E-state index contributed by atoms with van der Waals surface area (Å²) in [7, 11) is 0. The van der Waals surface area contributed by atoms with E-state index in [1.54, 1.807) is 6.07 Å². The van der Waals surface area contributed by atoms with Crippen LogP contribution in [0.2, 0.25) is 0 Å². The molecule has 3 heteroatoms. The number of rotatable bonds is 2. The van der Waals surface area contributed by atoms with Crippen LogP contribution in [0.25, 0.3) is 6.08 Å². The Balaban J connectivity index is 2.07. The highest BCUT2D eigenvalue weighted by Crippen LogP contribution is 2.30. The van der Waals surface area contributed by atoms with E-state index in [1.165, 1.54) is 31.4 Å². The molecular formula is C15H17F3. The fraction of sp³-hybridized carbons (Fsp3) is 0.467. The summed E-state index contributed by atoms with van der Waals surface area (Å²) >= 11 is 0. The molecule has 1 fully saturated rings. The SMILES string of the molecule is FC(F)(F)c1cccc(/C=C/C2CCCCC2)c1. The molecule has 1 aromatic carbocycles. The number of benzene rings is 1. The summed E-state index contributed by atoms with van der Waals surface area (Å²) in [4.78, 5) is 0. The molecule has 0 radical (unpaired) electrons. The summed E-state index contributed by atoms with van der Waals surface area (Å²) in [5.41, 5.74) is 0.0590. The summed E-state index contributed by atoms with van der Waals surface area (Å²) in [6, 6.07) is 5.50. The molecule has 18 heavy (non-hydrogen) atoms. The Hall–Kier alpha value is -1.25. The zero-order valence-corrected chi connectivity index (χ0v) is 10.2. The van der Waals surface area contributed by atoms with E-state index < -0.39 is 11.7 Å². The molecule has 0 nitrogen and oxygen atoms in total. The third kappa shape index (κ3) is 3.62. The van der Waals surface area contributed by atoms with Crippen molar-refractivity contribution in [1.29, 1.82) is 0 Å². The van der Waals surface area contributed by atoms with Crippen LogP contribution in [-0.4, -0.2) is 0 Å². The van der Waals surface area contributed by atoms with Crippen molar-refractivity contribution < 1.29 is 13.2 Å².